The molecule has 1 amide bonds. The van der Waals surface area contributed by atoms with Gasteiger partial charge in [0, 0.05) is 31.0 Å². The Labute approximate surface area is 247 Å². The number of carbonyl (C=O) groups is 1. The molecular weight excluding hydrogens is 540 g/mol. The number of aliphatic hydroxyl groups is 2. The van der Waals surface area contributed by atoms with Crippen LogP contribution in [0.25, 0.3) is 0 Å². The van der Waals surface area contributed by atoms with E-state index in [1.807, 2.05) is 18.2 Å². The Kier molecular flexibility index (Phi) is 9.65. The van der Waals surface area contributed by atoms with E-state index in [0.717, 1.165) is 24.1 Å². The lowest BCUT2D eigenvalue weighted by molar-refractivity contribution is -0.131. The molecule has 10 nitrogen and oxygen atoms in total. The first-order chi connectivity index (χ1) is 20.4. The molecule has 0 saturated heterocycles. The maximum atomic E-state index is 14.0. The lowest BCUT2D eigenvalue weighted by atomic mass is 9.64. The minimum atomic E-state index is -1.08. The molecule has 4 atom stereocenters. The van der Waals surface area contributed by atoms with E-state index < -0.39 is 23.9 Å². The second-order valence-corrected chi connectivity index (χ2v) is 11.5. The van der Waals surface area contributed by atoms with E-state index in [1.165, 1.54) is 39.2 Å². The molecule has 2 aromatic carbocycles. The van der Waals surface area contributed by atoms with Gasteiger partial charge >= 0.3 is 0 Å². The number of nitrogens with zero attached hydrogens (tertiary/aromatic N) is 1. The van der Waals surface area contributed by atoms with Crippen molar-refractivity contribution < 1.29 is 38.7 Å². The molecule has 230 valence electrons. The third-order valence-electron chi connectivity index (χ3n) is 9.20. The van der Waals surface area contributed by atoms with Gasteiger partial charge in [0.2, 0.25) is 18.4 Å². The first-order valence-corrected chi connectivity index (χ1v) is 14.9. The molecule has 1 saturated carbocycles. The van der Waals surface area contributed by atoms with E-state index in [0.29, 0.717) is 46.9 Å². The van der Waals surface area contributed by atoms with Gasteiger partial charge in [0.25, 0.3) is 0 Å². The number of benzene rings is 2. The van der Waals surface area contributed by atoms with Crippen molar-refractivity contribution >= 4 is 5.91 Å². The largest absolute Gasteiger partial charge is 0.493 e. The number of amides is 1. The summed E-state index contributed by atoms with van der Waals surface area (Å²) in [7, 11) is 6.79. The summed E-state index contributed by atoms with van der Waals surface area (Å²) in [4.78, 5) is 16.4. The first-order valence-electron chi connectivity index (χ1n) is 14.9. The van der Waals surface area contributed by atoms with Crippen molar-refractivity contribution in [3.63, 3.8) is 0 Å². The highest BCUT2D eigenvalue weighted by molar-refractivity contribution is 5.82. The summed E-state index contributed by atoms with van der Waals surface area (Å²) >= 11 is 0. The SMILES string of the molecule is COc1cc([C@@H]2c3cc4c(cc3[C@H](O)[C@@H](CO)[C@@H]2C(=O)NCCCN(C)C2CCCCC2)OCO4)cc(OC)c1OC. The van der Waals surface area contributed by atoms with Crippen molar-refractivity contribution in [3.8, 4) is 28.7 Å². The van der Waals surface area contributed by atoms with Gasteiger partial charge in [-0.05, 0) is 73.8 Å². The average Bonchev–Trinajstić information content (AvgIpc) is 3.49. The summed E-state index contributed by atoms with van der Waals surface area (Å²) < 4.78 is 28.1. The molecule has 1 fully saturated rings. The van der Waals surface area contributed by atoms with Crippen LogP contribution < -0.4 is 29.0 Å². The van der Waals surface area contributed by atoms with E-state index in [-0.39, 0.29) is 19.3 Å². The van der Waals surface area contributed by atoms with Crippen LogP contribution in [-0.2, 0) is 4.79 Å². The minimum Gasteiger partial charge on any atom is -0.493 e. The summed E-state index contributed by atoms with van der Waals surface area (Å²) in [6.07, 6.45) is 6.07. The molecule has 0 radical (unpaired) electrons. The molecule has 0 spiro atoms. The number of rotatable bonds is 11. The van der Waals surface area contributed by atoms with Gasteiger partial charge in [-0.1, -0.05) is 19.3 Å². The van der Waals surface area contributed by atoms with Gasteiger partial charge in [-0.2, -0.15) is 0 Å². The Morgan fingerprint density at radius 3 is 2.21 bits per heavy atom. The molecule has 2 aliphatic carbocycles. The Bertz CT molecular complexity index is 1220. The number of fused-ring (bicyclic) bond motifs is 2. The van der Waals surface area contributed by atoms with Gasteiger partial charge in [0.15, 0.2) is 23.0 Å². The molecule has 2 aromatic rings. The number of ether oxygens (including phenoxy) is 5. The number of hydrogen-bond donors (Lipinski definition) is 3. The molecule has 5 rings (SSSR count). The zero-order valence-electron chi connectivity index (χ0n) is 25.1. The van der Waals surface area contributed by atoms with Crippen molar-refractivity contribution in [2.75, 3.05) is 54.9 Å². The predicted octanol–water partition coefficient (Wildman–Crippen LogP) is 3.62. The average molecular weight is 585 g/mol. The van der Waals surface area contributed by atoms with Crippen LogP contribution in [0.15, 0.2) is 24.3 Å². The lowest BCUT2D eigenvalue weighted by Crippen LogP contribution is -2.46. The summed E-state index contributed by atoms with van der Waals surface area (Å²) in [5.41, 5.74) is 2.05. The van der Waals surface area contributed by atoms with Crippen molar-refractivity contribution in [1.29, 1.82) is 0 Å². The molecular formula is C32H44N2O8. The first kappa shape index (κ1) is 30.3. The van der Waals surface area contributed by atoms with Crippen molar-refractivity contribution in [2.24, 2.45) is 11.8 Å². The Morgan fingerprint density at radius 1 is 0.976 bits per heavy atom. The monoisotopic (exact) mass is 584 g/mol. The molecule has 0 aromatic heterocycles. The van der Waals surface area contributed by atoms with E-state index in [1.54, 1.807) is 20.3 Å². The van der Waals surface area contributed by atoms with Crippen LogP contribution in [-0.4, -0.2) is 81.9 Å². The third kappa shape index (κ3) is 5.85. The predicted molar refractivity (Wildman–Crippen MR) is 157 cm³/mol. The Morgan fingerprint density at radius 2 is 1.62 bits per heavy atom. The molecule has 10 heteroatoms. The molecule has 0 bridgehead atoms. The Balaban J connectivity index is 1.47. The minimum absolute atomic E-state index is 0.0752. The maximum Gasteiger partial charge on any atom is 0.231 e. The topological polar surface area (TPSA) is 119 Å². The summed E-state index contributed by atoms with van der Waals surface area (Å²) in [5, 5.41) is 25.2. The zero-order chi connectivity index (χ0) is 29.8. The third-order valence-corrected chi connectivity index (χ3v) is 9.20. The summed E-state index contributed by atoms with van der Waals surface area (Å²) in [6.45, 7) is 1.09. The molecule has 42 heavy (non-hydrogen) atoms. The van der Waals surface area contributed by atoms with E-state index in [4.69, 9.17) is 23.7 Å². The summed E-state index contributed by atoms with van der Waals surface area (Å²) in [6, 6.07) is 7.85. The van der Waals surface area contributed by atoms with Crippen LogP contribution in [0.2, 0.25) is 0 Å². The molecule has 0 unspecified atom stereocenters. The van der Waals surface area contributed by atoms with Gasteiger partial charge in [0.05, 0.1) is 33.4 Å². The quantitative estimate of drug-likeness (QED) is 0.340. The van der Waals surface area contributed by atoms with Crippen molar-refractivity contribution in [3.05, 3.63) is 41.0 Å². The molecule has 3 N–H and O–H groups in total. The number of nitrogens with one attached hydrogen (secondary N) is 1. The van der Waals surface area contributed by atoms with E-state index >= 15 is 0 Å². The number of carbonyl (C=O) groups excluding carboxylic acids is 1. The smallest absolute Gasteiger partial charge is 0.231 e. The van der Waals surface area contributed by atoms with Crippen molar-refractivity contribution in [1.82, 2.24) is 10.2 Å². The van der Waals surface area contributed by atoms with Crippen LogP contribution in [0.5, 0.6) is 28.7 Å². The highest BCUT2D eigenvalue weighted by atomic mass is 16.7. The van der Waals surface area contributed by atoms with Crippen LogP contribution in [0, 0.1) is 11.8 Å². The maximum absolute atomic E-state index is 14.0. The summed E-state index contributed by atoms with van der Waals surface area (Å²) in [5.74, 6) is 0.0976. The lowest BCUT2D eigenvalue weighted by Gasteiger charge is -2.41. The van der Waals surface area contributed by atoms with Gasteiger partial charge in [-0.3, -0.25) is 4.79 Å². The standard InChI is InChI=1S/C32H44N2O8/c1-34(20-9-6-5-7-10-20)12-8-11-33-32(37)29-23(17-35)30(36)22-16-25-24(41-18-42-25)15-21(22)28(29)19-13-26(38-2)31(40-4)27(14-19)39-3/h13-16,20,23,28-30,35-36H,5-12,17-18H2,1-4H3,(H,33,37)/t23-,28+,29-,30-/m0/s1. The van der Waals surface area contributed by atoms with Crippen LogP contribution in [0.1, 0.15) is 67.2 Å². The van der Waals surface area contributed by atoms with Gasteiger partial charge in [0.1, 0.15) is 0 Å². The fourth-order valence-electron chi connectivity index (χ4n) is 6.96. The molecule has 3 aliphatic rings. The number of hydrogen-bond acceptors (Lipinski definition) is 9. The second-order valence-electron chi connectivity index (χ2n) is 11.5. The zero-order valence-corrected chi connectivity index (χ0v) is 25.1. The van der Waals surface area contributed by atoms with E-state index in [2.05, 4.69) is 17.3 Å². The highest BCUT2D eigenvalue weighted by Gasteiger charge is 2.47. The fourth-order valence-corrected chi connectivity index (χ4v) is 6.96. The van der Waals surface area contributed by atoms with E-state index in [9.17, 15) is 15.0 Å². The number of aliphatic hydroxyl groups excluding tert-OH is 2. The van der Waals surface area contributed by atoms with Crippen LogP contribution in [0.4, 0.5) is 0 Å². The van der Waals surface area contributed by atoms with Crippen LogP contribution >= 0.6 is 0 Å². The molecule has 1 aliphatic heterocycles. The van der Waals surface area contributed by atoms with Gasteiger partial charge in [-0.15, -0.1) is 0 Å². The second kappa shape index (κ2) is 13.4. The van der Waals surface area contributed by atoms with Crippen LogP contribution in [0.3, 0.4) is 0 Å². The number of methoxy groups -OCH3 is 3. The highest BCUT2D eigenvalue weighted by Crippen LogP contribution is 2.53. The van der Waals surface area contributed by atoms with Gasteiger partial charge in [-0.25, -0.2) is 0 Å². The fraction of sp³-hybridized carbons (Fsp3) is 0.594. The Hall–Kier alpha value is -3.21. The van der Waals surface area contributed by atoms with Crippen molar-refractivity contribution in [2.45, 2.75) is 56.6 Å². The normalized spacial score (nSPS) is 23.4. The van der Waals surface area contributed by atoms with Gasteiger partial charge < -0.3 is 44.1 Å². The molecule has 1 heterocycles.